The van der Waals surface area contributed by atoms with E-state index in [1.54, 1.807) is 45.3 Å². The number of primary amides is 1. The Bertz CT molecular complexity index is 1070. The van der Waals surface area contributed by atoms with E-state index in [2.05, 4.69) is 15.6 Å². The molecule has 3 amide bonds. The molecular formula is C24H32N6O4. The number of nitrogens with two attached hydrogens (primary N) is 1. The van der Waals surface area contributed by atoms with Gasteiger partial charge in [-0.25, -0.2) is 4.98 Å². The van der Waals surface area contributed by atoms with E-state index in [1.165, 1.54) is 18.2 Å². The third-order valence-corrected chi connectivity index (χ3v) is 5.83. The molecule has 1 fully saturated rings. The summed E-state index contributed by atoms with van der Waals surface area (Å²) < 4.78 is 5.39. The molecule has 1 saturated heterocycles. The maximum atomic E-state index is 12.3. The van der Waals surface area contributed by atoms with Crippen molar-refractivity contribution in [3.63, 3.8) is 0 Å². The first-order valence-corrected chi connectivity index (χ1v) is 11.2. The Balaban J connectivity index is 1.77. The summed E-state index contributed by atoms with van der Waals surface area (Å²) in [6.07, 6.45) is 3.37. The SMILES string of the molecule is COc1cc(Nc2cc(NCC3CCCN(C(C)=O)C3)c(C(N)=O)cn2)ccc1C(=O)N(C)C. The fraction of sp³-hybridized carbons (Fsp3) is 0.417. The van der Waals surface area contributed by atoms with Crippen molar-refractivity contribution in [2.75, 3.05) is 51.5 Å². The van der Waals surface area contributed by atoms with Crippen LogP contribution >= 0.6 is 0 Å². The maximum Gasteiger partial charge on any atom is 0.257 e. The van der Waals surface area contributed by atoms with Crippen LogP contribution in [0.5, 0.6) is 5.75 Å². The Kier molecular flexibility index (Phi) is 7.93. The predicted octanol–water partition coefficient (Wildman–Crippen LogP) is 2.30. The summed E-state index contributed by atoms with van der Waals surface area (Å²) in [5, 5.41) is 6.49. The molecule has 0 saturated carbocycles. The van der Waals surface area contributed by atoms with Crippen LogP contribution in [0.3, 0.4) is 0 Å². The van der Waals surface area contributed by atoms with Crippen molar-refractivity contribution in [1.82, 2.24) is 14.8 Å². The third-order valence-electron chi connectivity index (χ3n) is 5.83. The fourth-order valence-electron chi connectivity index (χ4n) is 3.97. The quantitative estimate of drug-likeness (QED) is 0.542. The van der Waals surface area contributed by atoms with Crippen LogP contribution in [-0.2, 0) is 4.79 Å². The number of ether oxygens (including phenoxy) is 1. The number of carbonyl (C=O) groups excluding carboxylic acids is 3. The molecule has 10 heteroatoms. The second kappa shape index (κ2) is 10.9. The number of pyridine rings is 1. The number of benzene rings is 1. The van der Waals surface area contributed by atoms with Crippen LogP contribution in [0.25, 0.3) is 0 Å². The molecule has 1 aromatic carbocycles. The number of hydrogen-bond acceptors (Lipinski definition) is 7. The number of amides is 3. The Morgan fingerprint density at radius 1 is 1.24 bits per heavy atom. The minimum absolute atomic E-state index is 0.0756. The molecule has 1 aromatic heterocycles. The molecule has 0 spiro atoms. The third kappa shape index (κ3) is 5.94. The first-order chi connectivity index (χ1) is 16.2. The normalized spacial score (nSPS) is 15.4. The van der Waals surface area contributed by atoms with Crippen molar-refractivity contribution in [3.8, 4) is 5.75 Å². The molecule has 4 N–H and O–H groups in total. The highest BCUT2D eigenvalue weighted by Crippen LogP contribution is 2.28. The van der Waals surface area contributed by atoms with E-state index in [4.69, 9.17) is 10.5 Å². The average molecular weight is 469 g/mol. The van der Waals surface area contributed by atoms with Crippen molar-refractivity contribution in [1.29, 1.82) is 0 Å². The first-order valence-electron chi connectivity index (χ1n) is 11.2. The van der Waals surface area contributed by atoms with E-state index in [0.29, 0.717) is 41.6 Å². The van der Waals surface area contributed by atoms with E-state index in [0.717, 1.165) is 19.4 Å². The summed E-state index contributed by atoms with van der Waals surface area (Å²) in [5.74, 6) is 0.535. The zero-order valence-electron chi connectivity index (χ0n) is 20.1. The van der Waals surface area contributed by atoms with Gasteiger partial charge in [0.1, 0.15) is 11.6 Å². The van der Waals surface area contributed by atoms with Gasteiger partial charge in [-0.1, -0.05) is 0 Å². The maximum absolute atomic E-state index is 12.3. The van der Waals surface area contributed by atoms with Gasteiger partial charge in [-0.05, 0) is 30.9 Å². The second-order valence-electron chi connectivity index (χ2n) is 8.57. The van der Waals surface area contributed by atoms with Gasteiger partial charge >= 0.3 is 0 Å². The second-order valence-corrected chi connectivity index (χ2v) is 8.57. The zero-order chi connectivity index (χ0) is 24.8. The highest BCUT2D eigenvalue weighted by Gasteiger charge is 2.22. The van der Waals surface area contributed by atoms with Crippen LogP contribution in [0.15, 0.2) is 30.5 Å². The van der Waals surface area contributed by atoms with Gasteiger partial charge in [-0.2, -0.15) is 0 Å². The molecule has 1 aliphatic rings. The summed E-state index contributed by atoms with van der Waals surface area (Å²) in [5.41, 5.74) is 7.52. The molecule has 182 valence electrons. The number of piperidine rings is 1. The standard InChI is InChI=1S/C24H32N6O4/c1-15(31)30-9-5-6-16(14-30)12-26-20-11-22(27-13-19(20)23(25)32)28-17-7-8-18(21(10-17)34-4)24(33)29(2)3/h7-8,10-11,13,16H,5-6,9,12,14H2,1-4H3,(H2,25,32)(H2,26,27,28). The molecule has 2 heterocycles. The van der Waals surface area contributed by atoms with Crippen LogP contribution in [0.4, 0.5) is 17.2 Å². The Morgan fingerprint density at radius 2 is 2.00 bits per heavy atom. The van der Waals surface area contributed by atoms with Gasteiger partial charge < -0.3 is 30.9 Å². The minimum Gasteiger partial charge on any atom is -0.496 e. The van der Waals surface area contributed by atoms with E-state index in [1.807, 2.05) is 4.90 Å². The summed E-state index contributed by atoms with van der Waals surface area (Å²) in [6, 6.07) is 6.88. The van der Waals surface area contributed by atoms with Gasteiger partial charge in [-0.15, -0.1) is 0 Å². The van der Waals surface area contributed by atoms with E-state index in [9.17, 15) is 14.4 Å². The average Bonchev–Trinajstić information content (AvgIpc) is 2.82. The molecule has 0 bridgehead atoms. The smallest absolute Gasteiger partial charge is 0.257 e. The monoisotopic (exact) mass is 468 g/mol. The molecule has 10 nitrogen and oxygen atoms in total. The van der Waals surface area contributed by atoms with Gasteiger partial charge in [0.05, 0.1) is 23.9 Å². The molecule has 1 unspecified atom stereocenters. The lowest BCUT2D eigenvalue weighted by Crippen LogP contribution is -2.40. The van der Waals surface area contributed by atoms with Crippen molar-refractivity contribution >= 4 is 34.9 Å². The highest BCUT2D eigenvalue weighted by atomic mass is 16.5. The van der Waals surface area contributed by atoms with Crippen molar-refractivity contribution in [2.45, 2.75) is 19.8 Å². The molecule has 1 atom stereocenters. The number of anilines is 3. The van der Waals surface area contributed by atoms with Crippen LogP contribution in [0.2, 0.25) is 0 Å². The number of nitrogens with one attached hydrogen (secondary N) is 2. The number of methoxy groups -OCH3 is 1. The number of carbonyl (C=O) groups is 3. The van der Waals surface area contributed by atoms with Crippen molar-refractivity contribution in [2.24, 2.45) is 11.7 Å². The molecule has 34 heavy (non-hydrogen) atoms. The molecule has 2 aromatic rings. The Labute approximate surface area is 199 Å². The summed E-state index contributed by atoms with van der Waals surface area (Å²) >= 11 is 0. The van der Waals surface area contributed by atoms with Crippen LogP contribution in [0, 0.1) is 5.92 Å². The van der Waals surface area contributed by atoms with Gasteiger partial charge in [0.25, 0.3) is 11.8 Å². The van der Waals surface area contributed by atoms with Gasteiger partial charge in [0, 0.05) is 64.7 Å². The number of nitrogens with zero attached hydrogens (tertiary/aromatic N) is 3. The van der Waals surface area contributed by atoms with Crippen LogP contribution < -0.4 is 21.1 Å². The number of likely N-dealkylation sites (tertiary alicyclic amines) is 1. The fourth-order valence-corrected chi connectivity index (χ4v) is 3.97. The van der Waals surface area contributed by atoms with Gasteiger partial charge in [0.15, 0.2) is 0 Å². The van der Waals surface area contributed by atoms with Crippen LogP contribution in [0.1, 0.15) is 40.5 Å². The summed E-state index contributed by atoms with van der Waals surface area (Å²) in [7, 11) is 4.86. The van der Waals surface area contributed by atoms with E-state index in [-0.39, 0.29) is 23.3 Å². The van der Waals surface area contributed by atoms with Gasteiger partial charge in [0.2, 0.25) is 5.91 Å². The predicted molar refractivity (Wildman–Crippen MR) is 131 cm³/mol. The summed E-state index contributed by atoms with van der Waals surface area (Å²) in [6.45, 7) is 3.65. The number of hydrogen-bond donors (Lipinski definition) is 3. The lowest BCUT2D eigenvalue weighted by Gasteiger charge is -2.32. The number of rotatable bonds is 8. The Hall–Kier alpha value is -3.82. The van der Waals surface area contributed by atoms with E-state index < -0.39 is 5.91 Å². The summed E-state index contributed by atoms with van der Waals surface area (Å²) in [4.78, 5) is 43.6. The number of aromatic nitrogens is 1. The molecular weight excluding hydrogens is 436 g/mol. The van der Waals surface area contributed by atoms with Gasteiger partial charge in [-0.3, -0.25) is 14.4 Å². The molecule has 0 aliphatic carbocycles. The molecule has 1 aliphatic heterocycles. The van der Waals surface area contributed by atoms with E-state index >= 15 is 0 Å². The minimum atomic E-state index is -0.580. The Morgan fingerprint density at radius 3 is 2.65 bits per heavy atom. The molecule has 0 radical (unpaired) electrons. The van der Waals surface area contributed by atoms with Crippen molar-refractivity contribution in [3.05, 3.63) is 41.6 Å². The largest absolute Gasteiger partial charge is 0.496 e. The first kappa shape index (κ1) is 24.8. The van der Waals surface area contributed by atoms with Crippen molar-refractivity contribution < 1.29 is 19.1 Å². The topological polar surface area (TPSA) is 130 Å². The lowest BCUT2D eigenvalue weighted by atomic mass is 9.97. The lowest BCUT2D eigenvalue weighted by molar-refractivity contribution is -0.130. The molecule has 3 rings (SSSR count). The highest BCUT2D eigenvalue weighted by molar-refractivity contribution is 5.99. The van der Waals surface area contributed by atoms with Crippen LogP contribution in [-0.4, -0.2) is 73.3 Å². The zero-order valence-corrected chi connectivity index (χ0v) is 20.1.